The molecule has 0 amide bonds. The molecule has 1 aliphatic rings. The van der Waals surface area contributed by atoms with Crippen LogP contribution in [0.4, 0.5) is 0 Å². The van der Waals surface area contributed by atoms with Crippen molar-refractivity contribution >= 4 is 31.8 Å². The number of thioether (sulfide) groups is 2. The van der Waals surface area contributed by atoms with Crippen LogP contribution in [0.25, 0.3) is 0 Å². The van der Waals surface area contributed by atoms with Gasteiger partial charge in [0.1, 0.15) is 0 Å². The van der Waals surface area contributed by atoms with Crippen LogP contribution < -0.4 is 0 Å². The molecule has 0 aromatic heterocycles. The summed E-state index contributed by atoms with van der Waals surface area (Å²) in [6.07, 6.45) is 19.4. The second-order valence-electron chi connectivity index (χ2n) is 11.5. The Balaban J connectivity index is 2.34. The number of aliphatic hydroxyl groups excluding tert-OH is 1. The standard InChI is InChI=1S/C27H56O2S2Si/c1-7-8-9-10-11-12-13-14-15-16-17-19-25(29-32(5,6)27(2,3)4)22-24(28)23-26-30-20-18-21-31-26/h24-26,28H,7-23H2,1-6H3/t24-,25-/m1/s1. The molecule has 1 rings (SSSR count). The molecule has 2 atom stereocenters. The lowest BCUT2D eigenvalue weighted by Gasteiger charge is -2.40. The maximum Gasteiger partial charge on any atom is 0.192 e. The van der Waals surface area contributed by atoms with Gasteiger partial charge in [-0.1, -0.05) is 98.3 Å². The predicted molar refractivity (Wildman–Crippen MR) is 152 cm³/mol. The molecule has 32 heavy (non-hydrogen) atoms. The first-order valence-electron chi connectivity index (χ1n) is 13.7. The van der Waals surface area contributed by atoms with Crippen LogP contribution in [0.3, 0.4) is 0 Å². The summed E-state index contributed by atoms with van der Waals surface area (Å²) in [5.41, 5.74) is 0. The molecular weight excluding hydrogens is 449 g/mol. The van der Waals surface area contributed by atoms with Crippen LogP contribution in [0, 0.1) is 0 Å². The zero-order valence-electron chi connectivity index (χ0n) is 22.4. The van der Waals surface area contributed by atoms with Crippen LogP contribution in [0.1, 0.15) is 124 Å². The van der Waals surface area contributed by atoms with Gasteiger partial charge in [0.2, 0.25) is 0 Å². The molecule has 1 N–H and O–H groups in total. The minimum Gasteiger partial charge on any atom is -0.414 e. The van der Waals surface area contributed by atoms with Crippen molar-refractivity contribution in [3.63, 3.8) is 0 Å². The van der Waals surface area contributed by atoms with Gasteiger partial charge in [-0.25, -0.2) is 0 Å². The SMILES string of the molecule is CCCCCCCCCCCCC[C@H](C[C@@H](O)CC1SCCCS1)O[Si](C)(C)C(C)(C)C. The molecule has 192 valence electrons. The normalized spacial score (nSPS) is 18.1. The van der Waals surface area contributed by atoms with Gasteiger partial charge >= 0.3 is 0 Å². The highest BCUT2D eigenvalue weighted by atomic mass is 32.2. The Labute approximate surface area is 211 Å². The minimum absolute atomic E-state index is 0.222. The van der Waals surface area contributed by atoms with E-state index in [-0.39, 0.29) is 17.2 Å². The zero-order chi connectivity index (χ0) is 23.9. The van der Waals surface area contributed by atoms with Crippen molar-refractivity contribution in [3.05, 3.63) is 0 Å². The molecule has 2 nitrogen and oxygen atoms in total. The fraction of sp³-hybridized carbons (Fsp3) is 1.00. The van der Waals surface area contributed by atoms with Crippen molar-refractivity contribution in [3.8, 4) is 0 Å². The lowest BCUT2D eigenvalue weighted by atomic mass is 10.0. The molecule has 0 aromatic carbocycles. The monoisotopic (exact) mass is 504 g/mol. The van der Waals surface area contributed by atoms with Crippen molar-refractivity contribution in [1.82, 2.24) is 0 Å². The van der Waals surface area contributed by atoms with Crippen LogP contribution >= 0.6 is 23.5 Å². The van der Waals surface area contributed by atoms with E-state index in [0.29, 0.717) is 4.58 Å². The van der Waals surface area contributed by atoms with E-state index < -0.39 is 8.32 Å². The summed E-state index contributed by atoms with van der Waals surface area (Å²) in [6, 6.07) is 0. The molecule has 0 saturated carbocycles. The van der Waals surface area contributed by atoms with Crippen LogP contribution in [0.5, 0.6) is 0 Å². The van der Waals surface area contributed by atoms with Gasteiger partial charge in [0.25, 0.3) is 0 Å². The highest BCUT2D eigenvalue weighted by Gasteiger charge is 2.39. The summed E-state index contributed by atoms with van der Waals surface area (Å²) in [7, 11) is -1.81. The van der Waals surface area contributed by atoms with E-state index >= 15 is 0 Å². The third kappa shape index (κ3) is 14.3. The summed E-state index contributed by atoms with van der Waals surface area (Å²) < 4.78 is 7.40. The molecule has 0 spiro atoms. The minimum atomic E-state index is -1.81. The molecule has 0 aliphatic carbocycles. The van der Waals surface area contributed by atoms with Gasteiger partial charge in [-0.05, 0) is 55.3 Å². The van der Waals surface area contributed by atoms with Gasteiger partial charge in [0.05, 0.1) is 10.7 Å². The van der Waals surface area contributed by atoms with E-state index in [1.807, 2.05) is 23.5 Å². The fourth-order valence-corrected chi connectivity index (χ4v) is 8.56. The first kappa shape index (κ1) is 30.9. The van der Waals surface area contributed by atoms with Crippen molar-refractivity contribution in [1.29, 1.82) is 0 Å². The van der Waals surface area contributed by atoms with E-state index in [1.165, 1.54) is 88.6 Å². The second kappa shape index (κ2) is 17.3. The summed E-state index contributed by atoms with van der Waals surface area (Å²) in [4.78, 5) is 0. The van der Waals surface area contributed by atoms with Gasteiger partial charge in [-0.3, -0.25) is 0 Å². The van der Waals surface area contributed by atoms with E-state index in [2.05, 4.69) is 40.8 Å². The summed E-state index contributed by atoms with van der Waals surface area (Å²) in [6.45, 7) is 14.0. The molecule has 0 bridgehead atoms. The van der Waals surface area contributed by atoms with Crippen LogP contribution in [0.15, 0.2) is 0 Å². The first-order valence-corrected chi connectivity index (χ1v) is 18.8. The Kier molecular flexibility index (Phi) is 16.7. The summed E-state index contributed by atoms with van der Waals surface area (Å²) >= 11 is 4.09. The highest BCUT2D eigenvalue weighted by Crippen LogP contribution is 2.39. The maximum atomic E-state index is 10.9. The topological polar surface area (TPSA) is 29.5 Å². The van der Waals surface area contributed by atoms with Crippen LogP contribution in [-0.2, 0) is 4.43 Å². The molecule has 1 fully saturated rings. The van der Waals surface area contributed by atoms with Gasteiger partial charge in [-0.15, -0.1) is 23.5 Å². The van der Waals surface area contributed by atoms with Crippen molar-refractivity contribution in [2.75, 3.05) is 11.5 Å². The highest BCUT2D eigenvalue weighted by molar-refractivity contribution is 8.17. The van der Waals surface area contributed by atoms with E-state index in [1.54, 1.807) is 0 Å². The van der Waals surface area contributed by atoms with Crippen LogP contribution in [0.2, 0.25) is 18.1 Å². The van der Waals surface area contributed by atoms with Crippen molar-refractivity contribution in [2.24, 2.45) is 0 Å². The molecular formula is C27H56O2S2Si. The number of rotatable bonds is 18. The summed E-state index contributed by atoms with van der Waals surface area (Å²) in [5, 5.41) is 11.1. The Bertz CT molecular complexity index is 447. The predicted octanol–water partition coefficient (Wildman–Crippen LogP) is 9.42. The van der Waals surface area contributed by atoms with E-state index in [4.69, 9.17) is 4.43 Å². The Morgan fingerprint density at radius 3 is 1.88 bits per heavy atom. The van der Waals surface area contributed by atoms with Crippen LogP contribution in [-0.4, -0.2) is 41.7 Å². The average Bonchev–Trinajstić information content (AvgIpc) is 2.71. The van der Waals surface area contributed by atoms with Gasteiger partial charge in [0.15, 0.2) is 8.32 Å². The smallest absolute Gasteiger partial charge is 0.192 e. The maximum absolute atomic E-state index is 10.9. The van der Waals surface area contributed by atoms with Crippen molar-refractivity contribution in [2.45, 2.75) is 159 Å². The van der Waals surface area contributed by atoms with Gasteiger partial charge in [-0.2, -0.15) is 0 Å². The third-order valence-corrected chi connectivity index (χ3v) is 14.8. The van der Waals surface area contributed by atoms with Gasteiger partial charge < -0.3 is 9.53 Å². The van der Waals surface area contributed by atoms with E-state index in [9.17, 15) is 5.11 Å². The molecule has 1 aliphatic heterocycles. The Morgan fingerprint density at radius 2 is 1.38 bits per heavy atom. The molecule has 0 unspecified atom stereocenters. The number of aliphatic hydroxyl groups is 1. The molecule has 5 heteroatoms. The lowest BCUT2D eigenvalue weighted by molar-refractivity contribution is 0.0776. The van der Waals surface area contributed by atoms with E-state index in [0.717, 1.165) is 19.3 Å². The number of unbranched alkanes of at least 4 members (excludes halogenated alkanes) is 10. The molecule has 0 radical (unpaired) electrons. The third-order valence-electron chi connectivity index (χ3n) is 7.29. The fourth-order valence-electron chi connectivity index (χ4n) is 4.15. The second-order valence-corrected chi connectivity index (χ2v) is 19.2. The molecule has 1 heterocycles. The number of hydrogen-bond donors (Lipinski definition) is 1. The molecule has 1 saturated heterocycles. The quantitative estimate of drug-likeness (QED) is 0.149. The molecule has 0 aromatic rings. The largest absolute Gasteiger partial charge is 0.414 e. The Morgan fingerprint density at radius 1 is 0.875 bits per heavy atom. The first-order chi connectivity index (χ1) is 15.2. The summed E-state index contributed by atoms with van der Waals surface area (Å²) in [5.74, 6) is 2.51. The number of hydrogen-bond acceptors (Lipinski definition) is 4. The average molecular weight is 505 g/mol. The lowest BCUT2D eigenvalue weighted by Crippen LogP contribution is -2.44. The van der Waals surface area contributed by atoms with Gasteiger partial charge in [0, 0.05) is 6.10 Å². The zero-order valence-corrected chi connectivity index (χ0v) is 25.1. The Hall–Kier alpha value is 0.837. The van der Waals surface area contributed by atoms with Crippen molar-refractivity contribution < 1.29 is 9.53 Å².